The van der Waals surface area contributed by atoms with Gasteiger partial charge in [-0.3, -0.25) is 0 Å². The first-order valence-corrected chi connectivity index (χ1v) is 6.03. The van der Waals surface area contributed by atoms with Crippen molar-refractivity contribution in [3.8, 4) is 0 Å². The molecule has 3 rings (SSSR count). The van der Waals surface area contributed by atoms with Gasteiger partial charge < -0.3 is 9.47 Å². The molecule has 0 bridgehead atoms. The molecule has 90 valence electrons. The number of likely N-dealkylation sites (N-methyl/N-ethyl adjacent to an activating group) is 1. The van der Waals surface area contributed by atoms with E-state index in [1.54, 1.807) is 6.07 Å². The van der Waals surface area contributed by atoms with E-state index in [0.29, 0.717) is 0 Å². The lowest BCUT2D eigenvalue weighted by molar-refractivity contribution is 0.243. The highest BCUT2D eigenvalue weighted by molar-refractivity contribution is 5.80. The first-order valence-electron chi connectivity index (χ1n) is 6.03. The van der Waals surface area contributed by atoms with E-state index in [0.717, 1.165) is 17.4 Å². The van der Waals surface area contributed by atoms with Crippen LogP contribution in [0.2, 0.25) is 0 Å². The van der Waals surface area contributed by atoms with E-state index in [9.17, 15) is 4.39 Å². The number of aromatic nitrogens is 1. The molecular formula is C14H17FN2. The Balaban J connectivity index is 2.02. The second kappa shape index (κ2) is 3.57. The Morgan fingerprint density at radius 2 is 2.06 bits per heavy atom. The molecule has 17 heavy (non-hydrogen) atoms. The molecule has 1 aromatic heterocycles. The summed E-state index contributed by atoms with van der Waals surface area (Å²) in [5.74, 6) is -0.123. The predicted molar refractivity (Wildman–Crippen MR) is 67.5 cm³/mol. The van der Waals surface area contributed by atoms with E-state index in [4.69, 9.17) is 0 Å². The number of nitrogens with zero attached hydrogens (tertiary/aromatic N) is 2. The van der Waals surface area contributed by atoms with Gasteiger partial charge in [0.2, 0.25) is 0 Å². The van der Waals surface area contributed by atoms with Crippen LogP contribution in [0.3, 0.4) is 0 Å². The van der Waals surface area contributed by atoms with Gasteiger partial charge in [0.1, 0.15) is 5.82 Å². The molecule has 0 spiro atoms. The maximum Gasteiger partial charge on any atom is 0.147 e. The van der Waals surface area contributed by atoms with E-state index in [1.165, 1.54) is 18.9 Å². The lowest BCUT2D eigenvalue weighted by Crippen LogP contribution is -2.34. The molecule has 1 fully saturated rings. The zero-order valence-electron chi connectivity index (χ0n) is 10.3. The third-order valence-electron chi connectivity index (χ3n) is 3.98. The van der Waals surface area contributed by atoms with Crippen LogP contribution in [0, 0.1) is 5.82 Å². The summed E-state index contributed by atoms with van der Waals surface area (Å²) in [6.45, 7) is 0.879. The normalized spacial score (nSPS) is 17.9. The van der Waals surface area contributed by atoms with Crippen molar-refractivity contribution in [2.75, 3.05) is 14.1 Å². The number of fused-ring (bicyclic) bond motifs is 1. The Kier molecular flexibility index (Phi) is 2.26. The highest BCUT2D eigenvalue weighted by atomic mass is 19.1. The van der Waals surface area contributed by atoms with E-state index < -0.39 is 0 Å². The molecule has 1 aliphatic carbocycles. The van der Waals surface area contributed by atoms with Crippen molar-refractivity contribution < 1.29 is 4.39 Å². The van der Waals surface area contributed by atoms with Crippen LogP contribution in [0.4, 0.5) is 4.39 Å². The van der Waals surface area contributed by atoms with Crippen LogP contribution >= 0.6 is 0 Å². The maximum atomic E-state index is 13.8. The lowest BCUT2D eigenvalue weighted by Gasteiger charge is -2.24. The minimum absolute atomic E-state index is 0.123. The summed E-state index contributed by atoms with van der Waals surface area (Å²) in [6.07, 6.45) is 4.40. The molecular weight excluding hydrogens is 215 g/mol. The highest BCUT2D eigenvalue weighted by Crippen LogP contribution is 2.42. The van der Waals surface area contributed by atoms with Crippen LogP contribution < -0.4 is 0 Å². The molecule has 1 saturated carbocycles. The summed E-state index contributed by atoms with van der Waals surface area (Å²) in [4.78, 5) is 2.26. The SMILES string of the molecule is CN(C)C1(Cn2ccc3cccc(F)c32)CC1. The van der Waals surface area contributed by atoms with Crippen LogP contribution in [0.15, 0.2) is 30.5 Å². The zero-order valence-corrected chi connectivity index (χ0v) is 10.3. The quantitative estimate of drug-likeness (QED) is 0.790. The monoisotopic (exact) mass is 232 g/mol. The van der Waals surface area contributed by atoms with Crippen LogP contribution in [-0.2, 0) is 6.54 Å². The number of para-hydroxylation sites is 1. The third kappa shape index (κ3) is 1.65. The second-order valence-electron chi connectivity index (χ2n) is 5.24. The number of hydrogen-bond donors (Lipinski definition) is 0. The van der Waals surface area contributed by atoms with Crippen LogP contribution in [-0.4, -0.2) is 29.1 Å². The van der Waals surface area contributed by atoms with Crippen molar-refractivity contribution in [1.82, 2.24) is 9.47 Å². The van der Waals surface area contributed by atoms with Gasteiger partial charge in [0.05, 0.1) is 5.52 Å². The number of rotatable bonds is 3. The fourth-order valence-electron chi connectivity index (χ4n) is 2.55. The summed E-state index contributed by atoms with van der Waals surface area (Å²) in [5, 5.41) is 0.986. The average Bonchev–Trinajstić information content (AvgIpc) is 2.95. The van der Waals surface area contributed by atoms with Gasteiger partial charge in [0, 0.05) is 23.7 Å². The summed E-state index contributed by atoms with van der Waals surface area (Å²) in [7, 11) is 4.21. The minimum Gasteiger partial charge on any atom is -0.343 e. The van der Waals surface area contributed by atoms with Gasteiger partial charge in [-0.1, -0.05) is 12.1 Å². The fourth-order valence-corrected chi connectivity index (χ4v) is 2.55. The average molecular weight is 232 g/mol. The number of hydrogen-bond acceptors (Lipinski definition) is 1. The van der Waals surface area contributed by atoms with Gasteiger partial charge in [-0.25, -0.2) is 4.39 Å². The third-order valence-corrected chi connectivity index (χ3v) is 3.98. The van der Waals surface area contributed by atoms with Gasteiger partial charge in [-0.15, -0.1) is 0 Å². The van der Waals surface area contributed by atoms with Crippen molar-refractivity contribution in [2.45, 2.75) is 24.9 Å². The standard InChI is InChI=1S/C14H17FN2/c1-16(2)14(7-8-14)10-17-9-6-11-4-3-5-12(15)13(11)17/h3-6,9H,7-8,10H2,1-2H3. The van der Waals surface area contributed by atoms with Gasteiger partial charge in [0.15, 0.2) is 0 Å². The largest absolute Gasteiger partial charge is 0.343 e. The van der Waals surface area contributed by atoms with Gasteiger partial charge in [-0.05, 0) is 39.1 Å². The van der Waals surface area contributed by atoms with Crippen molar-refractivity contribution in [1.29, 1.82) is 0 Å². The van der Waals surface area contributed by atoms with Crippen molar-refractivity contribution >= 4 is 10.9 Å². The summed E-state index contributed by atoms with van der Waals surface area (Å²) >= 11 is 0. The molecule has 0 unspecified atom stereocenters. The Bertz CT molecular complexity index is 552. The first kappa shape index (κ1) is 10.8. The lowest BCUT2D eigenvalue weighted by atomic mass is 10.2. The van der Waals surface area contributed by atoms with Gasteiger partial charge in [-0.2, -0.15) is 0 Å². The molecule has 0 saturated heterocycles. The second-order valence-corrected chi connectivity index (χ2v) is 5.24. The molecule has 0 radical (unpaired) electrons. The molecule has 1 aliphatic rings. The summed E-state index contributed by atoms with van der Waals surface area (Å²) < 4.78 is 15.9. The minimum atomic E-state index is -0.123. The van der Waals surface area contributed by atoms with Gasteiger partial charge in [0.25, 0.3) is 0 Å². The Labute approximate surface area is 101 Å². The van der Waals surface area contributed by atoms with Crippen molar-refractivity contribution in [3.05, 3.63) is 36.3 Å². The van der Waals surface area contributed by atoms with Crippen LogP contribution in [0.25, 0.3) is 10.9 Å². The summed E-state index contributed by atoms with van der Waals surface area (Å²) in [5.41, 5.74) is 0.981. The Morgan fingerprint density at radius 3 is 2.71 bits per heavy atom. The predicted octanol–water partition coefficient (Wildman–Crippen LogP) is 2.87. The zero-order chi connectivity index (χ0) is 12.0. The number of benzene rings is 1. The summed E-state index contributed by atoms with van der Waals surface area (Å²) in [6, 6.07) is 7.25. The smallest absolute Gasteiger partial charge is 0.147 e. The molecule has 3 heteroatoms. The fraction of sp³-hybridized carbons (Fsp3) is 0.429. The first-order chi connectivity index (χ1) is 8.12. The topological polar surface area (TPSA) is 8.17 Å². The molecule has 2 nitrogen and oxygen atoms in total. The molecule has 0 N–H and O–H groups in total. The Morgan fingerprint density at radius 1 is 1.29 bits per heavy atom. The van der Waals surface area contributed by atoms with E-state index in [2.05, 4.69) is 23.6 Å². The number of halogens is 1. The van der Waals surface area contributed by atoms with E-state index in [1.807, 2.05) is 18.3 Å². The van der Waals surface area contributed by atoms with Crippen molar-refractivity contribution in [3.63, 3.8) is 0 Å². The highest BCUT2D eigenvalue weighted by Gasteiger charge is 2.45. The molecule has 0 atom stereocenters. The van der Waals surface area contributed by atoms with E-state index in [-0.39, 0.29) is 11.4 Å². The van der Waals surface area contributed by atoms with Crippen molar-refractivity contribution in [2.24, 2.45) is 0 Å². The van der Waals surface area contributed by atoms with Gasteiger partial charge >= 0.3 is 0 Å². The Hall–Kier alpha value is -1.35. The molecule has 1 aromatic carbocycles. The maximum absolute atomic E-state index is 13.8. The van der Waals surface area contributed by atoms with Crippen LogP contribution in [0.5, 0.6) is 0 Å². The molecule has 2 aromatic rings. The molecule has 0 amide bonds. The van der Waals surface area contributed by atoms with Crippen LogP contribution in [0.1, 0.15) is 12.8 Å². The van der Waals surface area contributed by atoms with E-state index >= 15 is 0 Å². The molecule has 0 aliphatic heterocycles. The molecule has 1 heterocycles.